The quantitative estimate of drug-likeness (QED) is 0.897. The largest absolute Gasteiger partial charge is 0.493 e. The number of hydrogen-bond acceptors (Lipinski definition) is 4. The Hall–Kier alpha value is -1.75. The van der Waals surface area contributed by atoms with Gasteiger partial charge in [-0.05, 0) is 43.0 Å². The molecule has 0 saturated carbocycles. The molecule has 0 aromatic heterocycles. The van der Waals surface area contributed by atoms with Crippen LogP contribution in [0.4, 0.5) is 0 Å². The standard InChI is InChI=1S/C15H20O5/c1-15(6-4-14(16)17)11-9-13(19-3)12(18-2)8-10(11)5-7-20-15/h8-9H,4-7H2,1-3H3,(H,16,17). The molecule has 5 nitrogen and oxygen atoms in total. The van der Waals surface area contributed by atoms with Crippen LogP contribution in [-0.4, -0.2) is 31.9 Å². The Bertz CT molecular complexity index is 511. The molecule has 0 spiro atoms. The molecule has 5 heteroatoms. The SMILES string of the molecule is COc1cc2c(cc1OC)C(C)(CCC(=O)O)OCC2. The van der Waals surface area contributed by atoms with Gasteiger partial charge in [0.25, 0.3) is 0 Å². The molecule has 2 rings (SSSR count). The van der Waals surface area contributed by atoms with Crippen molar-refractivity contribution in [1.29, 1.82) is 0 Å². The fourth-order valence-electron chi connectivity index (χ4n) is 2.64. The van der Waals surface area contributed by atoms with Crippen LogP contribution >= 0.6 is 0 Å². The Kier molecular flexibility index (Phi) is 4.18. The third-order valence-corrected chi connectivity index (χ3v) is 3.79. The summed E-state index contributed by atoms with van der Waals surface area (Å²) in [4.78, 5) is 10.8. The van der Waals surface area contributed by atoms with E-state index in [1.807, 2.05) is 19.1 Å². The molecule has 0 fully saturated rings. The number of ether oxygens (including phenoxy) is 3. The van der Waals surface area contributed by atoms with E-state index in [2.05, 4.69) is 0 Å². The highest BCUT2D eigenvalue weighted by molar-refractivity contribution is 5.67. The van der Waals surface area contributed by atoms with Crippen LogP contribution in [0.2, 0.25) is 0 Å². The predicted octanol–water partition coefficient (Wildman–Crippen LogP) is 2.36. The van der Waals surface area contributed by atoms with Crippen LogP contribution in [0, 0.1) is 0 Å². The minimum atomic E-state index is -0.817. The summed E-state index contributed by atoms with van der Waals surface area (Å²) in [6.07, 6.45) is 1.30. The third-order valence-electron chi connectivity index (χ3n) is 3.79. The number of benzene rings is 1. The lowest BCUT2D eigenvalue weighted by atomic mass is 9.84. The molecule has 110 valence electrons. The topological polar surface area (TPSA) is 65.0 Å². The molecule has 1 aromatic carbocycles. The van der Waals surface area contributed by atoms with E-state index in [1.165, 1.54) is 0 Å². The Morgan fingerprint density at radius 3 is 2.60 bits per heavy atom. The third kappa shape index (κ3) is 2.72. The maximum absolute atomic E-state index is 10.8. The molecule has 0 aliphatic carbocycles. The van der Waals surface area contributed by atoms with Gasteiger partial charge in [-0.25, -0.2) is 0 Å². The van der Waals surface area contributed by atoms with E-state index in [9.17, 15) is 4.79 Å². The highest BCUT2D eigenvalue weighted by Crippen LogP contribution is 2.42. The summed E-state index contributed by atoms with van der Waals surface area (Å²) in [5, 5.41) is 8.89. The van der Waals surface area contributed by atoms with Crippen molar-refractivity contribution in [2.75, 3.05) is 20.8 Å². The fraction of sp³-hybridized carbons (Fsp3) is 0.533. The minimum absolute atomic E-state index is 0.0737. The molecule has 1 aliphatic rings. The van der Waals surface area contributed by atoms with Gasteiger partial charge in [0.15, 0.2) is 11.5 Å². The van der Waals surface area contributed by atoms with Crippen molar-refractivity contribution >= 4 is 5.97 Å². The predicted molar refractivity (Wildman–Crippen MR) is 73.4 cm³/mol. The van der Waals surface area contributed by atoms with Crippen LogP contribution in [0.1, 0.15) is 30.9 Å². The van der Waals surface area contributed by atoms with Crippen LogP contribution in [-0.2, 0) is 21.6 Å². The van der Waals surface area contributed by atoms with E-state index < -0.39 is 11.6 Å². The Labute approximate surface area is 118 Å². The lowest BCUT2D eigenvalue weighted by molar-refractivity contribution is -0.139. The number of aliphatic carboxylic acids is 1. The lowest BCUT2D eigenvalue weighted by Crippen LogP contribution is -2.33. The average Bonchev–Trinajstić information content (AvgIpc) is 2.44. The molecule has 20 heavy (non-hydrogen) atoms. The van der Waals surface area contributed by atoms with Gasteiger partial charge in [0.1, 0.15) is 0 Å². The first-order valence-corrected chi connectivity index (χ1v) is 6.61. The molecular formula is C15H20O5. The number of methoxy groups -OCH3 is 2. The number of carboxylic acids is 1. The molecule has 1 atom stereocenters. The van der Waals surface area contributed by atoms with E-state index in [-0.39, 0.29) is 6.42 Å². The number of fused-ring (bicyclic) bond motifs is 1. The van der Waals surface area contributed by atoms with Gasteiger partial charge in [-0.3, -0.25) is 4.79 Å². The minimum Gasteiger partial charge on any atom is -0.493 e. The Morgan fingerprint density at radius 1 is 1.35 bits per heavy atom. The zero-order valence-corrected chi connectivity index (χ0v) is 12.1. The molecular weight excluding hydrogens is 260 g/mol. The van der Waals surface area contributed by atoms with Crippen molar-refractivity contribution in [3.05, 3.63) is 23.3 Å². The van der Waals surface area contributed by atoms with Crippen LogP contribution < -0.4 is 9.47 Å². The second kappa shape index (κ2) is 5.71. The molecule has 0 amide bonds. The molecule has 1 aliphatic heterocycles. The van der Waals surface area contributed by atoms with Gasteiger partial charge in [-0.15, -0.1) is 0 Å². The van der Waals surface area contributed by atoms with Gasteiger partial charge < -0.3 is 19.3 Å². The van der Waals surface area contributed by atoms with Gasteiger partial charge in [-0.2, -0.15) is 0 Å². The van der Waals surface area contributed by atoms with Gasteiger partial charge in [0.2, 0.25) is 0 Å². The van der Waals surface area contributed by atoms with Gasteiger partial charge in [0, 0.05) is 6.42 Å². The summed E-state index contributed by atoms with van der Waals surface area (Å²) < 4.78 is 16.5. The number of carbonyl (C=O) groups is 1. The maximum atomic E-state index is 10.8. The normalized spacial score (nSPS) is 21.1. The highest BCUT2D eigenvalue weighted by Gasteiger charge is 2.34. The zero-order chi connectivity index (χ0) is 14.8. The van der Waals surface area contributed by atoms with Gasteiger partial charge >= 0.3 is 5.97 Å². The van der Waals surface area contributed by atoms with Crippen molar-refractivity contribution in [2.45, 2.75) is 31.8 Å². The molecule has 1 aromatic rings. The van der Waals surface area contributed by atoms with E-state index in [1.54, 1.807) is 14.2 Å². The Balaban J connectivity index is 2.41. The summed E-state index contributed by atoms with van der Waals surface area (Å²) in [6.45, 7) is 2.51. The summed E-state index contributed by atoms with van der Waals surface area (Å²) >= 11 is 0. The summed E-state index contributed by atoms with van der Waals surface area (Å²) in [5.74, 6) is 0.509. The van der Waals surface area contributed by atoms with E-state index in [4.69, 9.17) is 19.3 Å². The first-order chi connectivity index (χ1) is 9.50. The molecule has 0 bridgehead atoms. The first kappa shape index (κ1) is 14.7. The summed E-state index contributed by atoms with van der Waals surface area (Å²) in [6, 6.07) is 3.85. The Morgan fingerprint density at radius 2 is 2.00 bits per heavy atom. The van der Waals surface area contributed by atoms with Crippen LogP contribution in [0.15, 0.2) is 12.1 Å². The van der Waals surface area contributed by atoms with Crippen molar-refractivity contribution in [1.82, 2.24) is 0 Å². The summed E-state index contributed by atoms with van der Waals surface area (Å²) in [7, 11) is 3.19. The van der Waals surface area contributed by atoms with Crippen LogP contribution in [0.3, 0.4) is 0 Å². The molecule has 1 heterocycles. The van der Waals surface area contributed by atoms with Crippen molar-refractivity contribution in [3.63, 3.8) is 0 Å². The smallest absolute Gasteiger partial charge is 0.303 e. The van der Waals surface area contributed by atoms with Crippen LogP contribution in [0.5, 0.6) is 11.5 Å². The van der Waals surface area contributed by atoms with Crippen molar-refractivity contribution < 1.29 is 24.1 Å². The molecule has 1 N–H and O–H groups in total. The van der Waals surface area contributed by atoms with Crippen LogP contribution in [0.25, 0.3) is 0 Å². The first-order valence-electron chi connectivity index (χ1n) is 6.61. The fourth-order valence-corrected chi connectivity index (χ4v) is 2.64. The van der Waals surface area contributed by atoms with E-state index >= 15 is 0 Å². The molecule has 1 unspecified atom stereocenters. The number of carboxylic acid groups (broad SMARTS) is 1. The number of hydrogen-bond donors (Lipinski definition) is 1. The second-order valence-corrected chi connectivity index (χ2v) is 5.09. The maximum Gasteiger partial charge on any atom is 0.303 e. The van der Waals surface area contributed by atoms with Crippen molar-refractivity contribution in [3.8, 4) is 11.5 Å². The zero-order valence-electron chi connectivity index (χ0n) is 12.1. The monoisotopic (exact) mass is 280 g/mol. The molecule has 0 radical (unpaired) electrons. The van der Waals surface area contributed by atoms with Crippen molar-refractivity contribution in [2.24, 2.45) is 0 Å². The average molecular weight is 280 g/mol. The van der Waals surface area contributed by atoms with E-state index in [0.717, 1.165) is 17.5 Å². The lowest BCUT2D eigenvalue weighted by Gasteiger charge is -2.36. The second-order valence-electron chi connectivity index (χ2n) is 5.09. The summed E-state index contributed by atoms with van der Waals surface area (Å²) in [5.41, 5.74) is 1.52. The van der Waals surface area contributed by atoms with Gasteiger partial charge in [0.05, 0.1) is 26.4 Å². The molecule has 0 saturated heterocycles. The highest BCUT2D eigenvalue weighted by atomic mass is 16.5. The number of rotatable bonds is 5. The van der Waals surface area contributed by atoms with Gasteiger partial charge in [-0.1, -0.05) is 0 Å². The van der Waals surface area contributed by atoms with E-state index in [0.29, 0.717) is 24.5 Å².